The first-order chi connectivity index (χ1) is 5.91. The van der Waals surface area contributed by atoms with Crippen molar-refractivity contribution in [1.29, 1.82) is 0 Å². The second kappa shape index (κ2) is 5.53. The molecule has 0 atom stereocenters. The van der Waals surface area contributed by atoms with Gasteiger partial charge in [0.05, 0.1) is 12.8 Å². The minimum Gasteiger partial charge on any atom is -0.481 e. The fourth-order valence-electron chi connectivity index (χ4n) is 1.08. The Morgan fingerprint density at radius 1 is 1.15 bits per heavy atom. The van der Waals surface area contributed by atoms with Crippen molar-refractivity contribution in [1.82, 2.24) is 5.32 Å². The molecule has 0 bridgehead atoms. The summed E-state index contributed by atoms with van der Waals surface area (Å²) in [7, 11) is 0. The third kappa shape index (κ3) is 7.27. The van der Waals surface area contributed by atoms with Crippen LogP contribution in [0.25, 0.3) is 0 Å². The maximum Gasteiger partial charge on any atom is 0.304 e. The molecule has 0 unspecified atom stereocenters. The first-order valence-electron chi connectivity index (χ1n) is 4.11. The van der Waals surface area contributed by atoms with Gasteiger partial charge in [0.2, 0.25) is 0 Å². The molecular weight excluding hydrogens is 174 g/mol. The summed E-state index contributed by atoms with van der Waals surface area (Å²) in [4.78, 5) is 20.7. The highest BCUT2D eigenvalue weighted by molar-refractivity contribution is 5.71. The van der Waals surface area contributed by atoms with Gasteiger partial charge in [-0.3, -0.25) is 9.59 Å². The van der Waals surface area contributed by atoms with Gasteiger partial charge in [0.1, 0.15) is 0 Å². The summed E-state index contributed by atoms with van der Waals surface area (Å²) in [5, 5.41) is 19.8. The summed E-state index contributed by atoms with van der Waals surface area (Å²) in [5.41, 5.74) is 0. The average Bonchev–Trinajstić information content (AvgIpc) is 1.80. The van der Waals surface area contributed by atoms with E-state index in [9.17, 15) is 9.59 Å². The third-order valence-corrected chi connectivity index (χ3v) is 1.41. The number of hydrogen-bond donors (Lipinski definition) is 3. The van der Waals surface area contributed by atoms with E-state index in [-0.39, 0.29) is 18.9 Å². The van der Waals surface area contributed by atoms with Crippen molar-refractivity contribution in [2.24, 2.45) is 0 Å². The molecule has 0 fully saturated rings. The van der Waals surface area contributed by atoms with Crippen LogP contribution in [0.1, 0.15) is 26.7 Å². The van der Waals surface area contributed by atoms with E-state index in [1.807, 2.05) is 13.8 Å². The topological polar surface area (TPSA) is 86.6 Å². The van der Waals surface area contributed by atoms with Crippen molar-refractivity contribution in [3.63, 3.8) is 0 Å². The molecule has 0 aliphatic heterocycles. The van der Waals surface area contributed by atoms with Crippen LogP contribution in [0.5, 0.6) is 0 Å². The number of aliphatic carboxylic acids is 2. The summed E-state index contributed by atoms with van der Waals surface area (Å²) >= 11 is 0. The lowest BCUT2D eigenvalue weighted by molar-refractivity contribution is -0.139. The second-order valence-electron chi connectivity index (χ2n) is 3.21. The van der Waals surface area contributed by atoms with Crippen molar-refractivity contribution in [2.45, 2.75) is 38.8 Å². The van der Waals surface area contributed by atoms with E-state index >= 15 is 0 Å². The molecule has 0 aromatic carbocycles. The van der Waals surface area contributed by atoms with E-state index in [2.05, 4.69) is 5.32 Å². The zero-order chi connectivity index (χ0) is 10.4. The maximum absolute atomic E-state index is 10.3. The van der Waals surface area contributed by atoms with Crippen LogP contribution in [0, 0.1) is 0 Å². The summed E-state index contributed by atoms with van der Waals surface area (Å²) in [5.74, 6) is -1.97. The Morgan fingerprint density at radius 2 is 1.54 bits per heavy atom. The van der Waals surface area contributed by atoms with E-state index in [4.69, 9.17) is 10.2 Å². The van der Waals surface area contributed by atoms with Crippen molar-refractivity contribution in [3.05, 3.63) is 0 Å². The van der Waals surface area contributed by atoms with E-state index in [1.54, 1.807) is 0 Å². The number of rotatable bonds is 6. The molecule has 0 aromatic heterocycles. The fourth-order valence-corrected chi connectivity index (χ4v) is 1.08. The maximum atomic E-state index is 10.3. The average molecular weight is 189 g/mol. The van der Waals surface area contributed by atoms with Crippen LogP contribution in [0.15, 0.2) is 0 Å². The molecule has 0 rings (SSSR count). The van der Waals surface area contributed by atoms with E-state index < -0.39 is 18.0 Å². The Hall–Kier alpha value is -1.10. The van der Waals surface area contributed by atoms with Crippen LogP contribution in [0.3, 0.4) is 0 Å². The van der Waals surface area contributed by atoms with Crippen molar-refractivity contribution in [2.75, 3.05) is 0 Å². The summed E-state index contributed by atoms with van der Waals surface area (Å²) in [6.07, 6.45) is -0.324. The highest BCUT2D eigenvalue weighted by Gasteiger charge is 2.16. The Labute approximate surface area is 76.8 Å². The Kier molecular flexibility index (Phi) is 5.06. The molecule has 0 saturated carbocycles. The zero-order valence-corrected chi connectivity index (χ0v) is 7.78. The number of hydrogen-bond acceptors (Lipinski definition) is 3. The monoisotopic (exact) mass is 189 g/mol. The van der Waals surface area contributed by atoms with Gasteiger partial charge in [0.25, 0.3) is 0 Å². The smallest absolute Gasteiger partial charge is 0.304 e. The SMILES string of the molecule is CC(C)NC(CC(=O)O)CC(=O)O. The Bertz CT molecular complexity index is 175. The molecule has 0 aromatic rings. The summed E-state index contributed by atoms with van der Waals surface area (Å²) in [6.45, 7) is 3.69. The highest BCUT2D eigenvalue weighted by atomic mass is 16.4. The predicted molar refractivity (Wildman–Crippen MR) is 46.6 cm³/mol. The number of carbonyl (C=O) groups is 2. The van der Waals surface area contributed by atoms with Gasteiger partial charge in [0, 0.05) is 12.1 Å². The van der Waals surface area contributed by atoms with Crippen molar-refractivity contribution < 1.29 is 19.8 Å². The van der Waals surface area contributed by atoms with Gasteiger partial charge in [-0.25, -0.2) is 0 Å². The van der Waals surface area contributed by atoms with Crippen molar-refractivity contribution in [3.8, 4) is 0 Å². The lowest BCUT2D eigenvalue weighted by atomic mass is 10.1. The number of nitrogens with one attached hydrogen (secondary N) is 1. The molecule has 76 valence electrons. The molecule has 5 heteroatoms. The quantitative estimate of drug-likeness (QED) is 0.559. The first kappa shape index (κ1) is 11.9. The lowest BCUT2D eigenvalue weighted by Gasteiger charge is -2.17. The van der Waals surface area contributed by atoms with Crippen molar-refractivity contribution >= 4 is 11.9 Å². The highest BCUT2D eigenvalue weighted by Crippen LogP contribution is 2.00. The summed E-state index contributed by atoms with van der Waals surface area (Å²) < 4.78 is 0. The van der Waals surface area contributed by atoms with Crippen LogP contribution < -0.4 is 5.32 Å². The molecule has 13 heavy (non-hydrogen) atoms. The second-order valence-corrected chi connectivity index (χ2v) is 3.21. The van der Waals surface area contributed by atoms with Gasteiger partial charge in [0.15, 0.2) is 0 Å². The van der Waals surface area contributed by atoms with Crippen LogP contribution in [0.2, 0.25) is 0 Å². The molecule has 5 nitrogen and oxygen atoms in total. The van der Waals surface area contributed by atoms with Crippen LogP contribution in [0.4, 0.5) is 0 Å². The van der Waals surface area contributed by atoms with Gasteiger partial charge in [-0.1, -0.05) is 13.8 Å². The lowest BCUT2D eigenvalue weighted by Crippen LogP contribution is -2.38. The minimum absolute atomic E-state index is 0.0868. The van der Waals surface area contributed by atoms with Gasteiger partial charge < -0.3 is 15.5 Å². The normalized spacial score (nSPS) is 10.8. The van der Waals surface area contributed by atoms with E-state index in [1.165, 1.54) is 0 Å². The largest absolute Gasteiger partial charge is 0.481 e. The van der Waals surface area contributed by atoms with Gasteiger partial charge in [-0.2, -0.15) is 0 Å². The molecule has 0 amide bonds. The molecule has 0 aliphatic rings. The molecule has 0 spiro atoms. The molecular formula is C8H15NO4. The van der Waals surface area contributed by atoms with Crippen LogP contribution in [-0.2, 0) is 9.59 Å². The van der Waals surface area contributed by atoms with Crippen LogP contribution >= 0.6 is 0 Å². The zero-order valence-electron chi connectivity index (χ0n) is 7.78. The third-order valence-electron chi connectivity index (χ3n) is 1.41. The number of carboxylic acids is 2. The molecule has 0 saturated heterocycles. The van der Waals surface area contributed by atoms with Gasteiger partial charge in [-0.05, 0) is 0 Å². The predicted octanol–water partition coefficient (Wildman–Crippen LogP) is 0.302. The first-order valence-corrected chi connectivity index (χ1v) is 4.11. The molecule has 0 heterocycles. The summed E-state index contributed by atoms with van der Waals surface area (Å²) in [6, 6.07) is -0.404. The Balaban J connectivity index is 4.02. The van der Waals surface area contributed by atoms with Crippen LogP contribution in [-0.4, -0.2) is 34.2 Å². The molecule has 3 N–H and O–H groups in total. The van der Waals surface area contributed by atoms with E-state index in [0.29, 0.717) is 0 Å². The molecule has 0 aliphatic carbocycles. The standard InChI is InChI=1S/C8H15NO4/c1-5(2)9-6(3-7(10)11)4-8(12)13/h5-6,9H,3-4H2,1-2H3,(H,10,11)(H,12,13). The molecule has 0 radical (unpaired) electrons. The Morgan fingerprint density at radius 3 is 1.77 bits per heavy atom. The fraction of sp³-hybridized carbons (Fsp3) is 0.750. The van der Waals surface area contributed by atoms with E-state index in [0.717, 1.165) is 0 Å². The van der Waals surface area contributed by atoms with Gasteiger partial charge in [-0.15, -0.1) is 0 Å². The minimum atomic E-state index is -0.987. The number of carboxylic acid groups (broad SMARTS) is 2. The van der Waals surface area contributed by atoms with Gasteiger partial charge >= 0.3 is 11.9 Å².